The summed E-state index contributed by atoms with van der Waals surface area (Å²) in [6.07, 6.45) is 2.11. The van der Waals surface area contributed by atoms with Crippen molar-refractivity contribution in [3.63, 3.8) is 0 Å². The molecule has 0 spiro atoms. The second-order valence-electron chi connectivity index (χ2n) is 4.79. The summed E-state index contributed by atoms with van der Waals surface area (Å²) >= 11 is 3.59. The highest BCUT2D eigenvalue weighted by atomic mass is 79.9. The Balaban J connectivity index is 2.63. The number of benzene rings is 1. The lowest BCUT2D eigenvalue weighted by molar-refractivity contribution is 0.0948. The average molecular weight is 330 g/mol. The first-order chi connectivity index (χ1) is 8.99. The van der Waals surface area contributed by atoms with Crippen LogP contribution >= 0.6 is 15.9 Å². The molecule has 0 aromatic heterocycles. The van der Waals surface area contributed by atoms with Gasteiger partial charge in [-0.1, -0.05) is 54.2 Å². The molecule has 0 saturated heterocycles. The lowest BCUT2D eigenvalue weighted by Crippen LogP contribution is -2.33. The quantitative estimate of drug-likeness (QED) is 0.783. The normalized spacial score (nSPS) is 12.5. The summed E-state index contributed by atoms with van der Waals surface area (Å²) in [6.45, 7) is 6.61. The summed E-state index contributed by atoms with van der Waals surface area (Å²) in [6, 6.07) is 4.56. The fraction of sp³-hybridized carbons (Fsp3) is 0.533. The van der Waals surface area contributed by atoms with Gasteiger partial charge in [-0.05, 0) is 25.0 Å². The number of aryl methyl sites for hydroxylation is 1. The number of alkyl halides is 1. The third kappa shape index (κ3) is 4.60. The van der Waals surface area contributed by atoms with Crippen LogP contribution < -0.4 is 5.32 Å². The highest BCUT2D eigenvalue weighted by Gasteiger charge is 2.17. The van der Waals surface area contributed by atoms with Crippen molar-refractivity contribution in [3.05, 3.63) is 35.1 Å². The van der Waals surface area contributed by atoms with Crippen LogP contribution in [0.15, 0.2) is 18.2 Å². The van der Waals surface area contributed by atoms with Gasteiger partial charge in [-0.2, -0.15) is 0 Å². The van der Waals surface area contributed by atoms with E-state index in [2.05, 4.69) is 35.1 Å². The van der Waals surface area contributed by atoms with Gasteiger partial charge in [0.25, 0.3) is 5.91 Å². The summed E-state index contributed by atoms with van der Waals surface area (Å²) in [5, 5.41) is 2.79. The maximum Gasteiger partial charge on any atom is 0.254 e. The Morgan fingerprint density at radius 1 is 1.37 bits per heavy atom. The first-order valence-corrected chi connectivity index (χ1v) is 7.59. The minimum atomic E-state index is -0.475. The third-order valence-electron chi connectivity index (χ3n) is 3.38. The Labute approximate surface area is 122 Å². The van der Waals surface area contributed by atoms with E-state index in [0.717, 1.165) is 18.4 Å². The van der Waals surface area contributed by atoms with E-state index in [-0.39, 0.29) is 16.3 Å². The van der Waals surface area contributed by atoms with Crippen molar-refractivity contribution in [2.45, 2.75) is 38.4 Å². The minimum Gasteiger partial charge on any atom is -0.351 e. The second kappa shape index (κ2) is 7.63. The molecule has 0 aliphatic carbocycles. The van der Waals surface area contributed by atoms with Gasteiger partial charge in [0.2, 0.25) is 0 Å². The lowest BCUT2D eigenvalue weighted by Gasteiger charge is -2.20. The number of nitrogens with one attached hydrogen (secondary N) is 1. The first kappa shape index (κ1) is 16.2. The summed E-state index contributed by atoms with van der Waals surface area (Å²) in [5.41, 5.74) is 0.992. The number of halogens is 2. The monoisotopic (exact) mass is 329 g/mol. The molecule has 2 nitrogen and oxygen atoms in total. The summed E-state index contributed by atoms with van der Waals surface area (Å²) < 4.78 is 13.6. The third-order valence-corrected chi connectivity index (χ3v) is 4.46. The molecule has 0 aliphatic rings. The van der Waals surface area contributed by atoms with E-state index >= 15 is 0 Å². The van der Waals surface area contributed by atoms with Crippen LogP contribution in [-0.4, -0.2) is 17.3 Å². The summed E-state index contributed by atoms with van der Waals surface area (Å²) in [7, 11) is 0. The molecule has 1 aromatic carbocycles. The number of hydrogen-bond donors (Lipinski definition) is 1. The molecule has 1 N–H and O–H groups in total. The fourth-order valence-electron chi connectivity index (χ4n) is 2.07. The molecule has 0 radical (unpaired) electrons. The minimum absolute atomic E-state index is 0.115. The molecular weight excluding hydrogens is 309 g/mol. The van der Waals surface area contributed by atoms with Crippen molar-refractivity contribution in [2.75, 3.05) is 6.54 Å². The Bertz CT molecular complexity index is 432. The van der Waals surface area contributed by atoms with Crippen LogP contribution in [0.1, 0.15) is 42.6 Å². The van der Waals surface area contributed by atoms with E-state index in [1.54, 1.807) is 12.1 Å². The predicted octanol–water partition coefficient (Wildman–Crippen LogP) is 4.06. The van der Waals surface area contributed by atoms with Crippen LogP contribution in [0.25, 0.3) is 0 Å². The molecule has 0 bridgehead atoms. The van der Waals surface area contributed by atoms with Crippen LogP contribution in [0.4, 0.5) is 4.39 Å². The topological polar surface area (TPSA) is 29.1 Å². The second-order valence-corrected chi connectivity index (χ2v) is 5.96. The standard InChI is InChI=1S/C15H21BrFNO/c1-4-11(5-2)13(16)9-18-15(19)12-8-10(3)6-7-14(12)17/h6-8,11,13H,4-5,9H2,1-3H3,(H,18,19). The maximum atomic E-state index is 13.6. The number of rotatable bonds is 6. The first-order valence-electron chi connectivity index (χ1n) is 6.68. The molecule has 0 saturated carbocycles. The molecule has 1 aromatic rings. The molecule has 0 heterocycles. The SMILES string of the molecule is CCC(CC)C(Br)CNC(=O)c1cc(C)ccc1F. The number of carbonyl (C=O) groups is 1. The molecule has 1 amide bonds. The van der Waals surface area contributed by atoms with Crippen LogP contribution in [-0.2, 0) is 0 Å². The molecule has 19 heavy (non-hydrogen) atoms. The van der Waals surface area contributed by atoms with E-state index in [1.807, 2.05) is 6.92 Å². The Morgan fingerprint density at radius 3 is 2.58 bits per heavy atom. The Kier molecular flexibility index (Phi) is 6.49. The number of amides is 1. The van der Waals surface area contributed by atoms with Crippen LogP contribution in [0.2, 0.25) is 0 Å². The van der Waals surface area contributed by atoms with Gasteiger partial charge < -0.3 is 5.32 Å². The predicted molar refractivity (Wildman–Crippen MR) is 80.3 cm³/mol. The van der Waals surface area contributed by atoms with Gasteiger partial charge in [0.05, 0.1) is 5.56 Å². The Morgan fingerprint density at radius 2 is 2.00 bits per heavy atom. The molecule has 1 atom stereocenters. The highest BCUT2D eigenvalue weighted by Crippen LogP contribution is 2.19. The van der Waals surface area contributed by atoms with Crippen molar-refractivity contribution in [1.82, 2.24) is 5.32 Å². The van der Waals surface area contributed by atoms with Crippen molar-refractivity contribution < 1.29 is 9.18 Å². The van der Waals surface area contributed by atoms with Gasteiger partial charge in [-0.3, -0.25) is 4.79 Å². The number of hydrogen-bond acceptors (Lipinski definition) is 1. The lowest BCUT2D eigenvalue weighted by atomic mass is 9.99. The zero-order valence-corrected chi connectivity index (χ0v) is 13.3. The van der Waals surface area contributed by atoms with Crippen molar-refractivity contribution in [2.24, 2.45) is 5.92 Å². The fourth-order valence-corrected chi connectivity index (χ4v) is 2.97. The Hall–Kier alpha value is -0.900. The van der Waals surface area contributed by atoms with Gasteiger partial charge in [-0.15, -0.1) is 0 Å². The van der Waals surface area contributed by atoms with E-state index in [4.69, 9.17) is 0 Å². The van der Waals surface area contributed by atoms with E-state index < -0.39 is 5.82 Å². The van der Waals surface area contributed by atoms with E-state index in [1.165, 1.54) is 6.07 Å². The van der Waals surface area contributed by atoms with Crippen molar-refractivity contribution >= 4 is 21.8 Å². The smallest absolute Gasteiger partial charge is 0.254 e. The maximum absolute atomic E-state index is 13.6. The molecule has 1 unspecified atom stereocenters. The van der Waals surface area contributed by atoms with Crippen LogP contribution in [0, 0.1) is 18.7 Å². The zero-order chi connectivity index (χ0) is 14.4. The summed E-state index contributed by atoms with van der Waals surface area (Å²) in [4.78, 5) is 12.2. The molecule has 1 rings (SSSR count). The van der Waals surface area contributed by atoms with Gasteiger partial charge in [0.15, 0.2) is 0 Å². The van der Waals surface area contributed by atoms with Gasteiger partial charge >= 0.3 is 0 Å². The summed E-state index contributed by atoms with van der Waals surface area (Å²) in [5.74, 6) is -0.309. The molecular formula is C15H21BrFNO. The molecule has 4 heteroatoms. The van der Waals surface area contributed by atoms with Gasteiger partial charge in [0.1, 0.15) is 5.82 Å². The number of carbonyl (C=O) groups excluding carboxylic acids is 1. The van der Waals surface area contributed by atoms with E-state index in [9.17, 15) is 9.18 Å². The molecule has 106 valence electrons. The molecule has 0 fully saturated rings. The molecule has 0 aliphatic heterocycles. The van der Waals surface area contributed by atoms with Crippen LogP contribution in [0.5, 0.6) is 0 Å². The van der Waals surface area contributed by atoms with Gasteiger partial charge in [-0.25, -0.2) is 4.39 Å². The average Bonchev–Trinajstić information content (AvgIpc) is 2.40. The van der Waals surface area contributed by atoms with Crippen molar-refractivity contribution in [1.29, 1.82) is 0 Å². The zero-order valence-electron chi connectivity index (χ0n) is 11.7. The van der Waals surface area contributed by atoms with Crippen LogP contribution in [0.3, 0.4) is 0 Å². The van der Waals surface area contributed by atoms with Crippen molar-refractivity contribution in [3.8, 4) is 0 Å². The highest BCUT2D eigenvalue weighted by molar-refractivity contribution is 9.09. The van der Waals surface area contributed by atoms with Gasteiger partial charge in [0, 0.05) is 11.4 Å². The largest absolute Gasteiger partial charge is 0.351 e. The van der Waals surface area contributed by atoms with E-state index in [0.29, 0.717) is 12.5 Å².